The standard InChI is InChI=1S/C15H12ClN3O2S/c1-8-13(12(20)10(7-17)14(21)18-2)22-15(19-8)9-5-3-4-6-11(9)16/h3-6,10H,1-2H3,(H,18,21)/t10-/m0/s1. The van der Waals surface area contributed by atoms with E-state index in [-0.39, 0.29) is 0 Å². The van der Waals surface area contributed by atoms with Crippen molar-refractivity contribution in [1.82, 2.24) is 10.3 Å². The number of hydrogen-bond acceptors (Lipinski definition) is 5. The lowest BCUT2D eigenvalue weighted by atomic mass is 10.0. The zero-order chi connectivity index (χ0) is 16.3. The lowest BCUT2D eigenvalue weighted by Gasteiger charge is -2.04. The first-order valence-electron chi connectivity index (χ1n) is 6.37. The van der Waals surface area contributed by atoms with Gasteiger partial charge in [0, 0.05) is 12.6 Å². The second-order valence-electron chi connectivity index (χ2n) is 4.45. The predicted octanol–water partition coefficient (Wildman–Crippen LogP) is 2.84. The molecule has 7 heteroatoms. The number of ketones is 1. The second-order valence-corrected chi connectivity index (χ2v) is 5.86. The van der Waals surface area contributed by atoms with Crippen molar-refractivity contribution in [2.75, 3.05) is 7.05 Å². The monoisotopic (exact) mass is 333 g/mol. The van der Waals surface area contributed by atoms with Crippen LogP contribution in [0.2, 0.25) is 5.02 Å². The molecule has 0 bridgehead atoms. The third kappa shape index (κ3) is 3.01. The van der Waals surface area contributed by atoms with Gasteiger partial charge < -0.3 is 5.32 Å². The number of rotatable bonds is 4. The quantitative estimate of drug-likeness (QED) is 0.689. The molecule has 1 aromatic heterocycles. The fourth-order valence-corrected chi connectivity index (χ4v) is 3.24. The molecule has 1 heterocycles. The Morgan fingerprint density at radius 1 is 1.41 bits per heavy atom. The maximum absolute atomic E-state index is 12.4. The van der Waals surface area contributed by atoms with Crippen LogP contribution in [-0.4, -0.2) is 23.7 Å². The Bertz CT molecular complexity index is 779. The molecule has 0 aliphatic carbocycles. The molecular weight excluding hydrogens is 322 g/mol. The number of thiazole rings is 1. The van der Waals surface area contributed by atoms with E-state index in [9.17, 15) is 9.59 Å². The van der Waals surface area contributed by atoms with Crippen LogP contribution in [0, 0.1) is 24.2 Å². The van der Waals surface area contributed by atoms with E-state index < -0.39 is 17.6 Å². The van der Waals surface area contributed by atoms with Gasteiger partial charge in [-0.1, -0.05) is 29.8 Å². The summed E-state index contributed by atoms with van der Waals surface area (Å²) < 4.78 is 0. The van der Waals surface area contributed by atoms with Gasteiger partial charge in [-0.25, -0.2) is 4.98 Å². The Morgan fingerprint density at radius 2 is 2.09 bits per heavy atom. The fourth-order valence-electron chi connectivity index (χ4n) is 1.89. The Kier molecular flexibility index (Phi) is 4.91. The first-order valence-corrected chi connectivity index (χ1v) is 7.56. The van der Waals surface area contributed by atoms with Gasteiger partial charge in [0.2, 0.25) is 11.7 Å². The van der Waals surface area contributed by atoms with Gasteiger partial charge >= 0.3 is 0 Å². The molecule has 1 aromatic carbocycles. The highest BCUT2D eigenvalue weighted by Crippen LogP contribution is 2.33. The van der Waals surface area contributed by atoms with Crippen molar-refractivity contribution in [2.45, 2.75) is 6.92 Å². The number of carbonyl (C=O) groups is 2. The minimum atomic E-state index is -1.37. The molecule has 1 N–H and O–H groups in total. The SMILES string of the molecule is CNC(=O)[C@@H](C#N)C(=O)c1sc(-c2ccccc2Cl)nc1C. The topological polar surface area (TPSA) is 82.9 Å². The van der Waals surface area contributed by atoms with E-state index in [0.29, 0.717) is 26.2 Å². The lowest BCUT2D eigenvalue weighted by molar-refractivity contribution is -0.121. The van der Waals surface area contributed by atoms with E-state index >= 15 is 0 Å². The summed E-state index contributed by atoms with van der Waals surface area (Å²) in [6.45, 7) is 1.67. The van der Waals surface area contributed by atoms with Crippen molar-refractivity contribution in [2.24, 2.45) is 5.92 Å². The van der Waals surface area contributed by atoms with Crippen LogP contribution in [0.4, 0.5) is 0 Å². The molecule has 22 heavy (non-hydrogen) atoms. The highest BCUT2D eigenvalue weighted by atomic mass is 35.5. The van der Waals surface area contributed by atoms with Crippen LogP contribution >= 0.6 is 22.9 Å². The zero-order valence-corrected chi connectivity index (χ0v) is 13.5. The molecule has 2 aromatic rings. The highest BCUT2D eigenvalue weighted by Gasteiger charge is 2.30. The van der Waals surface area contributed by atoms with Crippen molar-refractivity contribution in [3.8, 4) is 16.6 Å². The van der Waals surface area contributed by atoms with Gasteiger partial charge in [-0.2, -0.15) is 5.26 Å². The van der Waals surface area contributed by atoms with Crippen LogP contribution in [-0.2, 0) is 4.79 Å². The Labute approximate surface area is 136 Å². The van der Waals surface area contributed by atoms with E-state index in [0.717, 1.165) is 11.3 Å². The smallest absolute Gasteiger partial charge is 0.245 e. The predicted molar refractivity (Wildman–Crippen MR) is 84.8 cm³/mol. The number of carbonyl (C=O) groups excluding carboxylic acids is 2. The van der Waals surface area contributed by atoms with Crippen molar-refractivity contribution < 1.29 is 9.59 Å². The highest BCUT2D eigenvalue weighted by molar-refractivity contribution is 7.17. The van der Waals surface area contributed by atoms with Gasteiger partial charge in [0.15, 0.2) is 5.92 Å². The fraction of sp³-hybridized carbons (Fsp3) is 0.200. The van der Waals surface area contributed by atoms with Crippen LogP contribution < -0.4 is 5.32 Å². The number of halogens is 1. The minimum Gasteiger partial charge on any atom is -0.358 e. The number of amides is 1. The number of benzene rings is 1. The van der Waals surface area contributed by atoms with E-state index in [4.69, 9.17) is 16.9 Å². The molecule has 0 spiro atoms. The van der Waals surface area contributed by atoms with Gasteiger partial charge in [0.1, 0.15) is 5.01 Å². The summed E-state index contributed by atoms with van der Waals surface area (Å²) in [7, 11) is 1.38. The molecule has 1 atom stereocenters. The average molecular weight is 334 g/mol. The molecule has 0 radical (unpaired) electrons. The number of nitrogens with one attached hydrogen (secondary N) is 1. The number of hydrogen-bond donors (Lipinski definition) is 1. The molecule has 112 valence electrons. The largest absolute Gasteiger partial charge is 0.358 e. The van der Waals surface area contributed by atoms with Gasteiger partial charge in [-0.15, -0.1) is 11.3 Å². The summed E-state index contributed by atoms with van der Waals surface area (Å²) in [5.74, 6) is -2.54. The molecular formula is C15H12ClN3O2S. The van der Waals surface area contributed by atoms with Crippen LogP contribution in [0.25, 0.3) is 10.6 Å². The number of nitriles is 1. The first kappa shape index (κ1) is 16.1. The summed E-state index contributed by atoms with van der Waals surface area (Å²) in [6, 6.07) is 8.89. The van der Waals surface area contributed by atoms with E-state index in [1.165, 1.54) is 7.05 Å². The van der Waals surface area contributed by atoms with Crippen molar-refractivity contribution >= 4 is 34.6 Å². The van der Waals surface area contributed by atoms with Crippen LogP contribution in [0.15, 0.2) is 24.3 Å². The van der Waals surface area contributed by atoms with Crippen molar-refractivity contribution in [1.29, 1.82) is 5.26 Å². The minimum absolute atomic E-state index is 0.296. The first-order chi connectivity index (χ1) is 10.5. The molecule has 0 saturated carbocycles. The molecule has 0 unspecified atom stereocenters. The zero-order valence-electron chi connectivity index (χ0n) is 11.9. The maximum Gasteiger partial charge on any atom is 0.245 e. The number of aryl methyl sites for hydroxylation is 1. The van der Waals surface area contributed by atoms with E-state index in [1.807, 2.05) is 6.07 Å². The molecule has 0 aliphatic heterocycles. The van der Waals surface area contributed by atoms with Gasteiger partial charge in [0.25, 0.3) is 0 Å². The molecule has 0 fully saturated rings. The third-order valence-corrected chi connectivity index (χ3v) is 4.56. The Balaban J connectivity index is 2.43. The summed E-state index contributed by atoms with van der Waals surface area (Å²) in [6.07, 6.45) is 0. The average Bonchev–Trinajstić information content (AvgIpc) is 2.89. The van der Waals surface area contributed by atoms with Crippen molar-refractivity contribution in [3.63, 3.8) is 0 Å². The summed E-state index contributed by atoms with van der Waals surface area (Å²) in [5.41, 5.74) is 1.19. The molecule has 1 amide bonds. The molecule has 2 rings (SSSR count). The second kappa shape index (κ2) is 6.69. The summed E-state index contributed by atoms with van der Waals surface area (Å²) in [5, 5.41) is 12.5. The van der Waals surface area contributed by atoms with E-state index in [1.54, 1.807) is 31.2 Å². The Morgan fingerprint density at radius 3 is 2.68 bits per heavy atom. The normalized spacial score (nSPS) is 11.5. The number of aromatic nitrogens is 1. The third-order valence-electron chi connectivity index (χ3n) is 3.02. The van der Waals surface area contributed by atoms with Gasteiger partial charge in [-0.05, 0) is 13.0 Å². The summed E-state index contributed by atoms with van der Waals surface area (Å²) in [4.78, 5) is 28.6. The number of nitrogens with zero attached hydrogens (tertiary/aromatic N) is 2. The maximum atomic E-state index is 12.4. The van der Waals surface area contributed by atoms with E-state index in [2.05, 4.69) is 10.3 Å². The molecule has 5 nitrogen and oxygen atoms in total. The summed E-state index contributed by atoms with van der Waals surface area (Å²) >= 11 is 7.26. The van der Waals surface area contributed by atoms with Crippen molar-refractivity contribution in [3.05, 3.63) is 39.9 Å². The molecule has 0 aliphatic rings. The molecule has 0 saturated heterocycles. The Hall–Kier alpha value is -2.23. The van der Waals surface area contributed by atoms with Crippen LogP contribution in [0.5, 0.6) is 0 Å². The van der Waals surface area contributed by atoms with Gasteiger partial charge in [-0.3, -0.25) is 9.59 Å². The van der Waals surface area contributed by atoms with Crippen LogP contribution in [0.3, 0.4) is 0 Å². The lowest BCUT2D eigenvalue weighted by Crippen LogP contribution is -2.32. The van der Waals surface area contributed by atoms with Gasteiger partial charge in [0.05, 0.1) is 21.7 Å². The van der Waals surface area contributed by atoms with Crippen LogP contribution in [0.1, 0.15) is 15.4 Å². The number of Topliss-reactive ketones (excluding diaryl/α,β-unsaturated/α-hetero) is 1.